The van der Waals surface area contributed by atoms with Gasteiger partial charge in [-0.3, -0.25) is 14.2 Å². The maximum Gasteiger partial charge on any atom is 0.278 e. The Balaban J connectivity index is 1.51. The van der Waals surface area contributed by atoms with E-state index in [2.05, 4.69) is 15.3 Å². The van der Waals surface area contributed by atoms with Gasteiger partial charge in [-0.15, -0.1) is 0 Å². The van der Waals surface area contributed by atoms with Crippen LogP contribution in [0.3, 0.4) is 0 Å². The number of benzene rings is 1. The molecule has 32 heavy (non-hydrogen) atoms. The molecule has 0 unspecified atom stereocenters. The molecule has 3 heterocycles. The Bertz CT molecular complexity index is 1280. The first-order chi connectivity index (χ1) is 15.4. The summed E-state index contributed by atoms with van der Waals surface area (Å²) in [6.07, 6.45) is 1.56. The number of rotatable bonds is 8. The van der Waals surface area contributed by atoms with Crippen molar-refractivity contribution >= 4 is 28.7 Å². The Morgan fingerprint density at radius 3 is 2.78 bits per heavy atom. The van der Waals surface area contributed by atoms with Gasteiger partial charge >= 0.3 is 0 Å². The normalized spacial score (nSPS) is 12.1. The largest absolute Gasteiger partial charge is 0.497 e. The molecular weight excluding hydrogens is 428 g/mol. The van der Waals surface area contributed by atoms with E-state index in [0.717, 1.165) is 17.0 Å². The lowest BCUT2D eigenvalue weighted by atomic mass is 10.1. The lowest BCUT2D eigenvalue weighted by Crippen LogP contribution is -2.29. The second kappa shape index (κ2) is 9.35. The summed E-state index contributed by atoms with van der Waals surface area (Å²) >= 11 is 1.22. The number of hydrogen-bond donors (Lipinski definition) is 2. The predicted octanol–water partition coefficient (Wildman–Crippen LogP) is 3.65. The van der Waals surface area contributed by atoms with Crippen molar-refractivity contribution in [3.63, 3.8) is 0 Å². The Labute approximate surface area is 189 Å². The van der Waals surface area contributed by atoms with Crippen molar-refractivity contribution in [3.8, 4) is 5.75 Å². The van der Waals surface area contributed by atoms with E-state index in [4.69, 9.17) is 9.15 Å². The number of H-pyrrole nitrogens is 1. The van der Waals surface area contributed by atoms with Crippen molar-refractivity contribution in [1.82, 2.24) is 19.9 Å². The molecule has 2 N–H and O–H groups in total. The van der Waals surface area contributed by atoms with Gasteiger partial charge in [-0.1, -0.05) is 23.9 Å². The van der Waals surface area contributed by atoms with Crippen molar-refractivity contribution in [3.05, 3.63) is 76.1 Å². The molecule has 3 aromatic heterocycles. The number of fused-ring (bicyclic) bond motifs is 1. The smallest absolute Gasteiger partial charge is 0.278 e. The van der Waals surface area contributed by atoms with Crippen LogP contribution in [-0.2, 0) is 11.3 Å². The molecule has 0 saturated carbocycles. The maximum atomic E-state index is 13.1. The van der Waals surface area contributed by atoms with E-state index in [9.17, 15) is 9.59 Å². The van der Waals surface area contributed by atoms with Crippen molar-refractivity contribution in [2.75, 3.05) is 12.9 Å². The number of methoxy groups -OCH3 is 1. The number of ether oxygens (including phenoxy) is 1. The minimum Gasteiger partial charge on any atom is -0.497 e. The van der Waals surface area contributed by atoms with Crippen LogP contribution < -0.4 is 15.6 Å². The zero-order valence-corrected chi connectivity index (χ0v) is 18.9. The first kappa shape index (κ1) is 21.8. The minimum absolute atomic E-state index is 0.125. The van der Waals surface area contributed by atoms with Crippen LogP contribution in [-0.4, -0.2) is 33.3 Å². The first-order valence-corrected chi connectivity index (χ1v) is 11.1. The lowest BCUT2D eigenvalue weighted by Gasteiger charge is -2.15. The van der Waals surface area contributed by atoms with Crippen LogP contribution in [0.2, 0.25) is 0 Å². The highest BCUT2D eigenvalue weighted by atomic mass is 32.2. The van der Waals surface area contributed by atoms with Crippen LogP contribution in [0.1, 0.15) is 30.0 Å². The van der Waals surface area contributed by atoms with Crippen molar-refractivity contribution in [2.24, 2.45) is 0 Å². The molecule has 1 amide bonds. The molecule has 0 bridgehead atoms. The second-order valence-electron chi connectivity index (χ2n) is 7.43. The molecule has 0 radical (unpaired) electrons. The summed E-state index contributed by atoms with van der Waals surface area (Å²) in [6.45, 7) is 4.03. The molecule has 1 atom stereocenters. The highest BCUT2D eigenvalue weighted by Crippen LogP contribution is 2.21. The van der Waals surface area contributed by atoms with Crippen molar-refractivity contribution in [1.29, 1.82) is 0 Å². The molecule has 4 aromatic rings. The highest BCUT2D eigenvalue weighted by Gasteiger charge is 2.17. The standard InChI is InChI=1S/C23H24N4O4S/c1-14-11-19-21(24-14)22(29)27(12-18-5-4-10-31-18)23(26-19)32-13-20(28)25-15(2)16-6-8-17(30-3)9-7-16/h4-11,15,24H,12-13H2,1-3H3,(H,25,28)/t15-/m0/s1. The molecular formula is C23H24N4O4S. The third-order valence-electron chi connectivity index (χ3n) is 5.06. The van der Waals surface area contributed by atoms with Gasteiger partial charge in [0.05, 0.1) is 37.2 Å². The Morgan fingerprint density at radius 2 is 2.09 bits per heavy atom. The summed E-state index contributed by atoms with van der Waals surface area (Å²) < 4.78 is 12.1. The Kier molecular flexibility index (Phi) is 6.36. The van der Waals surface area contributed by atoms with Gasteiger partial charge < -0.3 is 19.5 Å². The second-order valence-corrected chi connectivity index (χ2v) is 8.37. The van der Waals surface area contributed by atoms with Gasteiger partial charge in [0.1, 0.15) is 17.0 Å². The summed E-state index contributed by atoms with van der Waals surface area (Å²) in [5.41, 5.74) is 2.64. The van der Waals surface area contributed by atoms with E-state index in [0.29, 0.717) is 22.0 Å². The minimum atomic E-state index is -0.200. The van der Waals surface area contributed by atoms with Crippen LogP contribution >= 0.6 is 11.8 Å². The van der Waals surface area contributed by atoms with Gasteiger partial charge in [0.25, 0.3) is 5.56 Å². The van der Waals surface area contributed by atoms with E-state index in [1.54, 1.807) is 25.5 Å². The highest BCUT2D eigenvalue weighted by molar-refractivity contribution is 7.99. The van der Waals surface area contributed by atoms with Crippen LogP contribution in [0.4, 0.5) is 0 Å². The summed E-state index contributed by atoms with van der Waals surface area (Å²) in [7, 11) is 1.61. The average Bonchev–Trinajstić information content (AvgIpc) is 3.43. The van der Waals surface area contributed by atoms with Crippen molar-refractivity contribution < 1.29 is 13.9 Å². The number of thioether (sulfide) groups is 1. The number of aromatic amines is 1. The monoisotopic (exact) mass is 452 g/mol. The molecule has 8 nitrogen and oxygen atoms in total. The number of carbonyl (C=O) groups excluding carboxylic acids is 1. The van der Waals surface area contributed by atoms with E-state index in [1.165, 1.54) is 16.3 Å². The number of hydrogen-bond acceptors (Lipinski definition) is 6. The fourth-order valence-corrected chi connectivity index (χ4v) is 4.22. The molecule has 4 rings (SSSR count). The molecule has 166 valence electrons. The fourth-order valence-electron chi connectivity index (χ4n) is 3.41. The van der Waals surface area contributed by atoms with Gasteiger partial charge in [0.15, 0.2) is 5.16 Å². The molecule has 0 aliphatic rings. The number of amides is 1. The predicted molar refractivity (Wildman–Crippen MR) is 123 cm³/mol. The SMILES string of the molecule is COc1ccc([C@H](C)NC(=O)CSc2nc3cc(C)[nH]c3c(=O)n2Cc2ccco2)cc1. The average molecular weight is 453 g/mol. The van der Waals surface area contributed by atoms with Gasteiger partial charge in [-0.2, -0.15) is 0 Å². The quantitative estimate of drug-likeness (QED) is 0.313. The Hall–Kier alpha value is -3.46. The van der Waals surface area contributed by atoms with Crippen molar-refractivity contribution in [2.45, 2.75) is 31.6 Å². The number of carbonyl (C=O) groups is 1. The maximum absolute atomic E-state index is 13.1. The molecule has 0 spiro atoms. The van der Waals surface area contributed by atoms with Gasteiger partial charge in [0.2, 0.25) is 5.91 Å². The number of aromatic nitrogens is 3. The molecule has 0 fully saturated rings. The number of furan rings is 1. The summed E-state index contributed by atoms with van der Waals surface area (Å²) in [5, 5.41) is 3.45. The van der Waals surface area contributed by atoms with E-state index < -0.39 is 0 Å². The topological polar surface area (TPSA) is 102 Å². The third kappa shape index (κ3) is 4.72. The molecule has 0 aliphatic carbocycles. The van der Waals surface area contributed by atoms with Crippen LogP contribution in [0.25, 0.3) is 11.0 Å². The summed E-state index contributed by atoms with van der Waals surface area (Å²) in [5.74, 6) is 1.37. The number of nitrogens with one attached hydrogen (secondary N) is 2. The Morgan fingerprint density at radius 1 is 1.31 bits per heavy atom. The number of nitrogens with zero attached hydrogens (tertiary/aromatic N) is 2. The molecule has 1 aromatic carbocycles. The van der Waals surface area contributed by atoms with Crippen LogP contribution in [0.5, 0.6) is 5.75 Å². The van der Waals surface area contributed by atoms with Crippen LogP contribution in [0.15, 0.2) is 63.1 Å². The van der Waals surface area contributed by atoms with E-state index >= 15 is 0 Å². The fraction of sp³-hybridized carbons (Fsp3) is 0.261. The first-order valence-electron chi connectivity index (χ1n) is 10.1. The molecule has 0 saturated heterocycles. The number of aryl methyl sites for hydroxylation is 1. The zero-order valence-electron chi connectivity index (χ0n) is 18.0. The van der Waals surface area contributed by atoms with Gasteiger partial charge in [-0.25, -0.2) is 4.98 Å². The van der Waals surface area contributed by atoms with E-state index in [1.807, 2.05) is 44.2 Å². The molecule has 0 aliphatic heterocycles. The van der Waals surface area contributed by atoms with Gasteiger partial charge in [0, 0.05) is 5.69 Å². The zero-order chi connectivity index (χ0) is 22.7. The summed E-state index contributed by atoms with van der Waals surface area (Å²) in [6, 6.07) is 12.8. The van der Waals surface area contributed by atoms with E-state index in [-0.39, 0.29) is 29.8 Å². The van der Waals surface area contributed by atoms with Gasteiger partial charge in [-0.05, 0) is 49.7 Å². The summed E-state index contributed by atoms with van der Waals surface area (Å²) in [4.78, 5) is 33.4. The van der Waals surface area contributed by atoms with Crippen LogP contribution in [0, 0.1) is 6.92 Å². The third-order valence-corrected chi connectivity index (χ3v) is 6.03. The molecule has 9 heteroatoms. The lowest BCUT2D eigenvalue weighted by molar-refractivity contribution is -0.119.